The van der Waals surface area contributed by atoms with Crippen molar-refractivity contribution in [2.75, 3.05) is 0 Å². The third kappa shape index (κ3) is 3.45. The van der Waals surface area contributed by atoms with E-state index < -0.39 is 22.6 Å². The minimum Gasteiger partial charge on any atom is -0.395 e. The van der Waals surface area contributed by atoms with Crippen LogP contribution >= 0.6 is 15.9 Å². The van der Waals surface area contributed by atoms with Gasteiger partial charge in [0.25, 0.3) is 5.91 Å². The molecule has 2 aromatic rings. The molecule has 21 heavy (non-hydrogen) atoms. The van der Waals surface area contributed by atoms with Crippen LogP contribution in [-0.2, 0) is 0 Å². The van der Waals surface area contributed by atoms with Crippen LogP contribution in [0, 0.1) is 10.1 Å². The van der Waals surface area contributed by atoms with Crippen LogP contribution in [-0.4, -0.2) is 16.7 Å². The zero-order chi connectivity index (χ0) is 15.4. The van der Waals surface area contributed by atoms with Crippen molar-refractivity contribution in [2.45, 2.75) is 0 Å². The van der Waals surface area contributed by atoms with Crippen LogP contribution in [0.4, 0.5) is 5.88 Å². The molecule has 0 bridgehead atoms. The first-order valence-electron chi connectivity index (χ1n) is 5.58. The molecular weight excluding hydrogens is 346 g/mol. The van der Waals surface area contributed by atoms with Gasteiger partial charge in [-0.2, -0.15) is 0 Å². The van der Waals surface area contributed by atoms with Gasteiger partial charge in [-0.25, -0.2) is 0 Å². The second kappa shape index (κ2) is 6.18. The number of hydrogen-bond acceptors (Lipinski definition) is 5. The summed E-state index contributed by atoms with van der Waals surface area (Å²) in [6.07, 6.45) is 0. The standard InChI is InChI=1S/C12H8BrN3O5/c13-8-4-2-1-3-7(8)11(17)14-15-12(18)9-5-6-10(21-9)16(19)20/h1-6H,(H,14,17)(H,15,18). The lowest BCUT2D eigenvalue weighted by atomic mass is 10.2. The Bertz CT molecular complexity index is 712. The molecule has 0 aliphatic heterocycles. The molecular formula is C12H8BrN3O5. The molecule has 108 valence electrons. The first-order chi connectivity index (χ1) is 9.99. The van der Waals surface area contributed by atoms with Gasteiger partial charge >= 0.3 is 11.8 Å². The molecule has 1 heterocycles. The fourth-order valence-electron chi connectivity index (χ4n) is 1.44. The molecule has 0 saturated carbocycles. The molecule has 0 aliphatic rings. The second-order valence-electron chi connectivity index (χ2n) is 3.78. The highest BCUT2D eigenvalue weighted by atomic mass is 79.9. The SMILES string of the molecule is O=C(NNC(=O)c1ccccc1Br)c1ccc([N+](=O)[O-])o1. The zero-order valence-electron chi connectivity index (χ0n) is 10.3. The van der Waals surface area contributed by atoms with Gasteiger partial charge in [-0.05, 0) is 34.1 Å². The van der Waals surface area contributed by atoms with E-state index in [0.29, 0.717) is 10.0 Å². The number of nitro groups is 1. The Balaban J connectivity index is 1.99. The summed E-state index contributed by atoms with van der Waals surface area (Å²) < 4.78 is 5.26. The van der Waals surface area contributed by atoms with Gasteiger partial charge in [-0.3, -0.25) is 30.6 Å². The maximum atomic E-state index is 11.8. The minimum absolute atomic E-state index is 0.283. The summed E-state index contributed by atoms with van der Waals surface area (Å²) in [6.45, 7) is 0. The molecule has 1 aromatic heterocycles. The smallest absolute Gasteiger partial charge is 0.395 e. The van der Waals surface area contributed by atoms with Crippen molar-refractivity contribution in [3.63, 3.8) is 0 Å². The molecule has 0 aliphatic carbocycles. The van der Waals surface area contributed by atoms with E-state index in [2.05, 4.69) is 26.8 Å². The molecule has 8 nitrogen and oxygen atoms in total. The number of nitrogens with one attached hydrogen (secondary N) is 2. The Hall–Kier alpha value is -2.68. The van der Waals surface area contributed by atoms with Crippen molar-refractivity contribution < 1.29 is 18.9 Å². The fraction of sp³-hybridized carbons (Fsp3) is 0. The van der Waals surface area contributed by atoms with Gasteiger partial charge in [0.2, 0.25) is 5.76 Å². The lowest BCUT2D eigenvalue weighted by Gasteiger charge is -2.06. The highest BCUT2D eigenvalue weighted by Gasteiger charge is 2.18. The third-order valence-electron chi connectivity index (χ3n) is 2.40. The number of rotatable bonds is 3. The quantitative estimate of drug-likeness (QED) is 0.647. The fourth-order valence-corrected chi connectivity index (χ4v) is 1.90. The molecule has 0 radical (unpaired) electrons. The molecule has 0 atom stereocenters. The van der Waals surface area contributed by atoms with Crippen molar-refractivity contribution in [3.05, 3.63) is 62.3 Å². The molecule has 0 unspecified atom stereocenters. The molecule has 0 fully saturated rings. The average Bonchev–Trinajstić information content (AvgIpc) is 2.95. The van der Waals surface area contributed by atoms with Gasteiger partial charge in [0.15, 0.2) is 0 Å². The van der Waals surface area contributed by atoms with E-state index in [1.165, 1.54) is 0 Å². The maximum absolute atomic E-state index is 11.8. The van der Waals surface area contributed by atoms with Crippen molar-refractivity contribution in [2.24, 2.45) is 0 Å². The predicted molar refractivity (Wildman–Crippen MR) is 74.4 cm³/mol. The lowest BCUT2D eigenvalue weighted by molar-refractivity contribution is -0.402. The van der Waals surface area contributed by atoms with E-state index in [-0.39, 0.29) is 5.76 Å². The summed E-state index contributed by atoms with van der Waals surface area (Å²) in [6, 6.07) is 8.82. The number of furan rings is 1. The molecule has 0 spiro atoms. The largest absolute Gasteiger partial charge is 0.433 e. The molecule has 1 aromatic carbocycles. The number of hydrazine groups is 1. The van der Waals surface area contributed by atoms with Crippen LogP contribution in [0.5, 0.6) is 0 Å². The summed E-state index contributed by atoms with van der Waals surface area (Å²) in [7, 11) is 0. The van der Waals surface area contributed by atoms with Crippen LogP contribution in [0.3, 0.4) is 0 Å². The Kier molecular flexibility index (Phi) is 4.33. The van der Waals surface area contributed by atoms with Crippen LogP contribution in [0.15, 0.2) is 45.3 Å². The van der Waals surface area contributed by atoms with Gasteiger partial charge in [0.1, 0.15) is 4.92 Å². The third-order valence-corrected chi connectivity index (χ3v) is 3.10. The van der Waals surface area contributed by atoms with Crippen LogP contribution in [0.25, 0.3) is 0 Å². The predicted octanol–water partition coefficient (Wildman–Crippen LogP) is 2.03. The Morgan fingerprint density at radius 3 is 2.38 bits per heavy atom. The zero-order valence-corrected chi connectivity index (χ0v) is 11.9. The highest BCUT2D eigenvalue weighted by molar-refractivity contribution is 9.10. The molecule has 9 heteroatoms. The van der Waals surface area contributed by atoms with Crippen molar-refractivity contribution in [1.82, 2.24) is 10.9 Å². The second-order valence-corrected chi connectivity index (χ2v) is 4.64. The van der Waals surface area contributed by atoms with E-state index >= 15 is 0 Å². The van der Waals surface area contributed by atoms with Gasteiger partial charge in [-0.15, -0.1) is 0 Å². The Labute approximate surface area is 126 Å². The van der Waals surface area contributed by atoms with E-state index in [0.717, 1.165) is 12.1 Å². The molecule has 0 saturated heterocycles. The van der Waals surface area contributed by atoms with Gasteiger partial charge in [0.05, 0.1) is 11.6 Å². The van der Waals surface area contributed by atoms with E-state index in [1.807, 2.05) is 0 Å². The highest BCUT2D eigenvalue weighted by Crippen LogP contribution is 2.16. The average molecular weight is 354 g/mol. The molecule has 2 amide bonds. The van der Waals surface area contributed by atoms with E-state index in [1.54, 1.807) is 24.3 Å². The molecule has 2 N–H and O–H groups in total. The first-order valence-corrected chi connectivity index (χ1v) is 6.38. The normalized spacial score (nSPS) is 9.95. The number of benzene rings is 1. The van der Waals surface area contributed by atoms with E-state index in [4.69, 9.17) is 4.42 Å². The topological polar surface area (TPSA) is 114 Å². The number of hydrogen-bond donors (Lipinski definition) is 2. The number of nitrogens with zero attached hydrogens (tertiary/aromatic N) is 1. The summed E-state index contributed by atoms with van der Waals surface area (Å²) in [5, 5.41) is 10.4. The van der Waals surface area contributed by atoms with Crippen LogP contribution in [0.2, 0.25) is 0 Å². The number of amides is 2. The molecule has 2 rings (SSSR count). The Morgan fingerprint density at radius 1 is 1.10 bits per heavy atom. The van der Waals surface area contributed by atoms with Crippen molar-refractivity contribution >= 4 is 33.6 Å². The summed E-state index contributed by atoms with van der Waals surface area (Å²) in [4.78, 5) is 33.1. The minimum atomic E-state index is -0.802. The first kappa shape index (κ1) is 14.7. The summed E-state index contributed by atoms with van der Waals surface area (Å²) >= 11 is 3.20. The number of carbonyl (C=O) groups is 2. The van der Waals surface area contributed by atoms with Gasteiger partial charge in [-0.1, -0.05) is 12.1 Å². The van der Waals surface area contributed by atoms with Crippen molar-refractivity contribution in [1.29, 1.82) is 0 Å². The Morgan fingerprint density at radius 2 is 1.76 bits per heavy atom. The summed E-state index contributed by atoms with van der Waals surface area (Å²) in [5.41, 5.74) is 4.60. The lowest BCUT2D eigenvalue weighted by Crippen LogP contribution is -2.41. The van der Waals surface area contributed by atoms with E-state index in [9.17, 15) is 19.7 Å². The van der Waals surface area contributed by atoms with Crippen LogP contribution < -0.4 is 10.9 Å². The number of halogens is 1. The van der Waals surface area contributed by atoms with Gasteiger partial charge < -0.3 is 4.42 Å². The maximum Gasteiger partial charge on any atom is 0.433 e. The monoisotopic (exact) mass is 353 g/mol. The van der Waals surface area contributed by atoms with Crippen LogP contribution in [0.1, 0.15) is 20.9 Å². The van der Waals surface area contributed by atoms with Crippen molar-refractivity contribution in [3.8, 4) is 0 Å². The summed E-state index contributed by atoms with van der Waals surface area (Å²) in [5.74, 6) is -2.19. The number of carbonyl (C=O) groups excluding carboxylic acids is 2. The van der Waals surface area contributed by atoms with Gasteiger partial charge in [0, 0.05) is 4.47 Å².